The average molecular weight is 727 g/mol. The third-order valence-electron chi connectivity index (χ3n) is 9.67. The molecule has 10 heteroatoms. The highest BCUT2D eigenvalue weighted by molar-refractivity contribution is 8.00. The van der Waals surface area contributed by atoms with Gasteiger partial charge in [0.2, 0.25) is 0 Å². The topological polar surface area (TPSA) is 116 Å². The molecule has 6 heterocycles. The fourth-order valence-electron chi connectivity index (χ4n) is 7.08. The summed E-state index contributed by atoms with van der Waals surface area (Å²) in [6.45, 7) is 0. The average Bonchev–Trinajstić information content (AvgIpc) is 3.81. The first kappa shape index (κ1) is 33.4. The van der Waals surface area contributed by atoms with Gasteiger partial charge in [-0.25, -0.2) is 9.97 Å². The molecule has 0 bridgehead atoms. The molecule has 2 aliphatic heterocycles. The molecule has 2 atom stereocenters. The number of H-pyrrole nitrogens is 2. The molecule has 0 amide bonds. The summed E-state index contributed by atoms with van der Waals surface area (Å²) in [5.74, 6) is 1.76. The lowest BCUT2D eigenvalue weighted by Crippen LogP contribution is -2.32. The van der Waals surface area contributed by atoms with Gasteiger partial charge in [-0.3, -0.25) is 9.97 Å². The summed E-state index contributed by atoms with van der Waals surface area (Å²) in [4.78, 5) is 25.0. The van der Waals surface area contributed by atoms with Gasteiger partial charge < -0.3 is 25.3 Å². The molecule has 54 heavy (non-hydrogen) atoms. The van der Waals surface area contributed by atoms with Crippen LogP contribution < -0.4 is 15.4 Å². The maximum Gasteiger partial charge on any atom is 0.157 e. The van der Waals surface area contributed by atoms with Crippen molar-refractivity contribution < 1.29 is 4.74 Å². The highest BCUT2D eigenvalue weighted by Crippen LogP contribution is 2.41. The molecule has 0 saturated heterocycles. The van der Waals surface area contributed by atoms with Gasteiger partial charge in [0, 0.05) is 57.5 Å². The van der Waals surface area contributed by atoms with Crippen molar-refractivity contribution in [2.75, 3.05) is 10.6 Å². The SMILES string of the molecule is C1=CC2Nc3ccccc3SC2C=C1.c1ccc2c(c1)Nc1ccccc1O2.c1ccc2c(c1)[nH]c1nccnc12.c1cnc2c3c([nH]c2n1)CCCC3. The minimum atomic E-state index is 0.458. The van der Waals surface area contributed by atoms with Crippen LogP contribution in [0.5, 0.6) is 11.5 Å². The zero-order valence-electron chi connectivity index (χ0n) is 29.4. The van der Waals surface area contributed by atoms with Gasteiger partial charge in [-0.1, -0.05) is 78.9 Å². The van der Waals surface area contributed by atoms with Gasteiger partial charge in [0.1, 0.15) is 11.0 Å². The molecular formula is C44H38N8OS. The maximum atomic E-state index is 5.71. The second-order valence-electron chi connectivity index (χ2n) is 13.2. The Morgan fingerprint density at radius 2 is 1.22 bits per heavy atom. The molecule has 2 aliphatic carbocycles. The van der Waals surface area contributed by atoms with Crippen LogP contribution in [0.1, 0.15) is 24.1 Å². The van der Waals surface area contributed by atoms with E-state index >= 15 is 0 Å². The molecule has 2 unspecified atom stereocenters. The van der Waals surface area contributed by atoms with E-state index in [9.17, 15) is 0 Å². The van der Waals surface area contributed by atoms with Crippen LogP contribution in [-0.4, -0.2) is 41.2 Å². The number of hydrogen-bond acceptors (Lipinski definition) is 8. The number of para-hydroxylation sites is 6. The Morgan fingerprint density at radius 3 is 2.04 bits per heavy atom. The first-order valence-corrected chi connectivity index (χ1v) is 19.1. The van der Waals surface area contributed by atoms with Crippen LogP contribution in [0, 0.1) is 0 Å². The normalized spacial score (nSPS) is 16.8. The van der Waals surface area contributed by atoms with Gasteiger partial charge in [-0.15, -0.1) is 11.8 Å². The number of allylic oxidation sites excluding steroid dienone is 2. The number of thioether (sulfide) groups is 1. The van der Waals surface area contributed by atoms with Crippen LogP contribution in [0.3, 0.4) is 0 Å². The molecule has 0 fully saturated rings. The summed E-state index contributed by atoms with van der Waals surface area (Å²) in [6, 6.07) is 32.9. The Kier molecular flexibility index (Phi) is 9.48. The molecule has 9 nitrogen and oxygen atoms in total. The fraction of sp³-hybridized carbons (Fsp3) is 0.136. The number of benzene rings is 4. The molecule has 0 radical (unpaired) electrons. The first-order chi connectivity index (χ1) is 26.8. The number of nitrogens with zero attached hydrogens (tertiary/aromatic N) is 4. The largest absolute Gasteiger partial charge is 0.453 e. The Hall–Kier alpha value is -6.39. The van der Waals surface area contributed by atoms with Crippen molar-refractivity contribution in [2.45, 2.75) is 41.9 Å². The summed E-state index contributed by atoms with van der Waals surface area (Å²) in [5.41, 5.74) is 11.0. The van der Waals surface area contributed by atoms with E-state index in [1.165, 1.54) is 34.7 Å². The molecule has 4 aliphatic rings. The van der Waals surface area contributed by atoms with Crippen LogP contribution >= 0.6 is 11.8 Å². The lowest BCUT2D eigenvalue weighted by atomic mass is 9.98. The van der Waals surface area contributed by atoms with E-state index < -0.39 is 0 Å². The smallest absolute Gasteiger partial charge is 0.157 e. The van der Waals surface area contributed by atoms with E-state index in [0.29, 0.717) is 11.3 Å². The van der Waals surface area contributed by atoms with Crippen molar-refractivity contribution in [1.82, 2.24) is 29.9 Å². The Labute approximate surface area is 317 Å². The van der Waals surface area contributed by atoms with E-state index in [-0.39, 0.29) is 0 Å². The van der Waals surface area contributed by atoms with Gasteiger partial charge in [-0.05, 0) is 68.1 Å². The van der Waals surface area contributed by atoms with E-state index in [0.717, 1.165) is 68.9 Å². The predicted octanol–water partition coefficient (Wildman–Crippen LogP) is 10.6. The maximum absolute atomic E-state index is 5.71. The Balaban J connectivity index is 0.0000000950. The summed E-state index contributed by atoms with van der Waals surface area (Å²) in [6.07, 6.45) is 20.5. The van der Waals surface area contributed by atoms with Crippen molar-refractivity contribution >= 4 is 62.1 Å². The van der Waals surface area contributed by atoms with Gasteiger partial charge in [-0.2, -0.15) is 0 Å². The quantitative estimate of drug-likeness (QED) is 0.122. The molecule has 0 spiro atoms. The monoisotopic (exact) mass is 726 g/mol. The molecule has 266 valence electrons. The number of anilines is 3. The third kappa shape index (κ3) is 7.03. The van der Waals surface area contributed by atoms with Crippen molar-refractivity contribution in [3.05, 3.63) is 157 Å². The molecular weight excluding hydrogens is 689 g/mol. The van der Waals surface area contributed by atoms with Crippen LogP contribution in [0.15, 0.2) is 151 Å². The van der Waals surface area contributed by atoms with Crippen molar-refractivity contribution in [2.24, 2.45) is 0 Å². The molecule has 8 aromatic rings. The van der Waals surface area contributed by atoms with Crippen LogP contribution in [-0.2, 0) is 12.8 Å². The summed E-state index contributed by atoms with van der Waals surface area (Å²) in [7, 11) is 0. The number of nitrogens with one attached hydrogen (secondary N) is 4. The van der Waals surface area contributed by atoms with Crippen LogP contribution in [0.25, 0.3) is 33.2 Å². The number of aromatic nitrogens is 6. The predicted molar refractivity (Wildman–Crippen MR) is 220 cm³/mol. The van der Waals surface area contributed by atoms with E-state index in [4.69, 9.17) is 4.74 Å². The van der Waals surface area contributed by atoms with Gasteiger partial charge in [0.05, 0.1) is 22.7 Å². The second kappa shape index (κ2) is 15.3. The fourth-order valence-corrected chi connectivity index (χ4v) is 8.26. The summed E-state index contributed by atoms with van der Waals surface area (Å²) < 4.78 is 5.71. The van der Waals surface area contributed by atoms with Crippen molar-refractivity contribution in [1.29, 1.82) is 0 Å². The number of aryl methyl sites for hydroxylation is 2. The number of rotatable bonds is 0. The lowest BCUT2D eigenvalue weighted by Gasteiger charge is -2.31. The van der Waals surface area contributed by atoms with E-state index in [1.807, 2.05) is 84.6 Å². The minimum Gasteiger partial charge on any atom is -0.453 e. The van der Waals surface area contributed by atoms with Crippen molar-refractivity contribution in [3.63, 3.8) is 0 Å². The van der Waals surface area contributed by atoms with Gasteiger partial charge in [0.15, 0.2) is 22.8 Å². The first-order valence-electron chi connectivity index (χ1n) is 18.2. The third-order valence-corrected chi connectivity index (χ3v) is 11.0. The minimum absolute atomic E-state index is 0.458. The van der Waals surface area contributed by atoms with Crippen molar-refractivity contribution in [3.8, 4) is 11.5 Å². The number of aromatic amines is 2. The molecule has 4 N–H and O–H groups in total. The highest BCUT2D eigenvalue weighted by atomic mass is 32.2. The van der Waals surface area contributed by atoms with Crippen LogP contribution in [0.2, 0.25) is 0 Å². The lowest BCUT2D eigenvalue weighted by molar-refractivity contribution is 0.481. The molecule has 4 aromatic carbocycles. The van der Waals surface area contributed by atoms with E-state index in [2.05, 4.69) is 89.1 Å². The number of fused-ring (bicyclic) bond motifs is 10. The number of hydrogen-bond donors (Lipinski definition) is 4. The highest BCUT2D eigenvalue weighted by Gasteiger charge is 2.25. The summed E-state index contributed by atoms with van der Waals surface area (Å²) in [5, 5.41) is 8.54. The Morgan fingerprint density at radius 1 is 0.593 bits per heavy atom. The number of ether oxygens (including phenoxy) is 1. The summed E-state index contributed by atoms with van der Waals surface area (Å²) >= 11 is 1.94. The van der Waals surface area contributed by atoms with E-state index in [1.54, 1.807) is 24.8 Å². The molecule has 4 aromatic heterocycles. The van der Waals surface area contributed by atoms with Gasteiger partial charge >= 0.3 is 0 Å². The Bertz CT molecular complexity index is 2450. The second-order valence-corrected chi connectivity index (χ2v) is 14.4. The van der Waals surface area contributed by atoms with Crippen LogP contribution in [0.4, 0.5) is 17.1 Å². The molecule has 0 saturated carbocycles. The zero-order chi connectivity index (χ0) is 36.1. The van der Waals surface area contributed by atoms with Gasteiger partial charge in [0.25, 0.3) is 0 Å². The standard InChI is InChI=1S/C12H9NO.C12H11NS.C10H11N3.C10H7N3/c2*1-3-7-11-9(5-1)13-10-6-2-4-8-12(10)14-11;2*1-2-4-8-7(3-1)9-10(13-8)12-6-5-11-9/h1-8,13H;1-9,11,13H;5-6H,1-4H2,(H,12,13);1-6H,(H,12,13). The zero-order valence-corrected chi connectivity index (χ0v) is 30.3. The molecule has 12 rings (SSSR count).